The summed E-state index contributed by atoms with van der Waals surface area (Å²) in [7, 11) is 0. The van der Waals surface area contributed by atoms with E-state index < -0.39 is 23.5 Å². The smallest absolute Gasteiger partial charge is 0.407 e. The van der Waals surface area contributed by atoms with Crippen molar-refractivity contribution in [3.63, 3.8) is 0 Å². The normalized spacial score (nSPS) is 11.2. The maximum absolute atomic E-state index is 12.5. The number of nitrogens with one attached hydrogen (secondary N) is 3. The minimum absolute atomic E-state index is 0.267. The summed E-state index contributed by atoms with van der Waals surface area (Å²) in [4.78, 5) is 41.1. The first kappa shape index (κ1) is 23.8. The third kappa shape index (κ3) is 6.09. The molecule has 9 heteroatoms. The molecule has 174 valence electrons. The Hall–Kier alpha value is -3.88. The van der Waals surface area contributed by atoms with Crippen LogP contribution >= 0.6 is 0 Å². The number of aryl methyl sites for hydroxylation is 2. The van der Waals surface area contributed by atoms with E-state index in [0.29, 0.717) is 11.1 Å². The lowest BCUT2D eigenvalue weighted by molar-refractivity contribution is 0.0523. The van der Waals surface area contributed by atoms with Gasteiger partial charge in [-0.15, -0.1) is 0 Å². The first-order chi connectivity index (χ1) is 15.6. The van der Waals surface area contributed by atoms with E-state index in [1.54, 1.807) is 57.2 Å². The Bertz CT molecular complexity index is 1180. The second-order valence-corrected chi connectivity index (χ2v) is 8.57. The zero-order chi connectivity index (χ0) is 24.2. The van der Waals surface area contributed by atoms with Crippen molar-refractivity contribution in [1.29, 1.82) is 0 Å². The number of carbonyl (C=O) groups is 3. The molecule has 1 aromatic heterocycles. The fraction of sp³-hybridized carbons (Fsp3) is 0.333. The molecule has 33 heavy (non-hydrogen) atoms. The van der Waals surface area contributed by atoms with Gasteiger partial charge in [0.25, 0.3) is 11.8 Å². The van der Waals surface area contributed by atoms with Gasteiger partial charge in [0.2, 0.25) is 0 Å². The van der Waals surface area contributed by atoms with E-state index in [0.717, 1.165) is 29.0 Å². The zero-order valence-electron chi connectivity index (χ0n) is 19.5. The number of rotatable bonds is 5. The van der Waals surface area contributed by atoms with E-state index in [1.165, 1.54) is 0 Å². The van der Waals surface area contributed by atoms with Crippen molar-refractivity contribution in [3.05, 3.63) is 65.0 Å². The molecule has 3 N–H and O–H groups in total. The predicted octanol–water partition coefficient (Wildman–Crippen LogP) is 3.46. The number of imidazole rings is 1. The first-order valence-corrected chi connectivity index (χ1v) is 10.7. The topological polar surface area (TPSA) is 114 Å². The second-order valence-electron chi connectivity index (χ2n) is 8.57. The third-order valence-electron chi connectivity index (χ3n) is 4.86. The Labute approximate surface area is 192 Å². The second kappa shape index (κ2) is 9.72. The SMILES string of the molecule is CCn1c(C)nc2cc(C(=O)NNC(=O)c3ccc(CNC(=O)OC(C)(C)C)cc3)ccc21. The van der Waals surface area contributed by atoms with Gasteiger partial charge < -0.3 is 14.6 Å². The minimum Gasteiger partial charge on any atom is -0.444 e. The van der Waals surface area contributed by atoms with Gasteiger partial charge in [0, 0.05) is 24.2 Å². The van der Waals surface area contributed by atoms with Crippen molar-refractivity contribution in [1.82, 2.24) is 25.7 Å². The maximum atomic E-state index is 12.5. The highest BCUT2D eigenvalue weighted by Gasteiger charge is 2.16. The molecule has 0 saturated carbocycles. The molecule has 0 unspecified atom stereocenters. The Morgan fingerprint density at radius 1 is 0.970 bits per heavy atom. The molecule has 3 amide bonds. The number of amides is 3. The van der Waals surface area contributed by atoms with Crippen molar-refractivity contribution in [2.75, 3.05) is 0 Å². The van der Waals surface area contributed by atoms with Crippen LogP contribution in [0, 0.1) is 6.92 Å². The molecule has 0 radical (unpaired) electrons. The molecule has 3 rings (SSSR count). The van der Waals surface area contributed by atoms with Crippen molar-refractivity contribution in [3.8, 4) is 0 Å². The quantitative estimate of drug-likeness (QED) is 0.514. The van der Waals surface area contributed by atoms with Gasteiger partial charge in [-0.05, 0) is 70.5 Å². The van der Waals surface area contributed by atoms with Crippen molar-refractivity contribution in [2.45, 2.75) is 53.3 Å². The number of fused-ring (bicyclic) bond motifs is 1. The highest BCUT2D eigenvalue weighted by molar-refractivity contribution is 6.00. The molecule has 0 aliphatic heterocycles. The number of carbonyl (C=O) groups excluding carboxylic acids is 3. The molecule has 2 aromatic carbocycles. The average molecular weight is 452 g/mol. The van der Waals surface area contributed by atoms with Crippen molar-refractivity contribution >= 4 is 28.9 Å². The molecular formula is C24H29N5O4. The molecule has 9 nitrogen and oxygen atoms in total. The number of alkyl carbamates (subject to hydrolysis) is 1. The van der Waals surface area contributed by atoms with Crippen LogP contribution < -0.4 is 16.2 Å². The van der Waals surface area contributed by atoms with E-state index in [9.17, 15) is 14.4 Å². The van der Waals surface area contributed by atoms with Crippen LogP contribution in [-0.2, 0) is 17.8 Å². The van der Waals surface area contributed by atoms with Crippen molar-refractivity contribution in [2.24, 2.45) is 0 Å². The van der Waals surface area contributed by atoms with Gasteiger partial charge in [-0.25, -0.2) is 9.78 Å². The van der Waals surface area contributed by atoms with Crippen LogP contribution in [0.4, 0.5) is 4.79 Å². The molecule has 0 bridgehead atoms. The standard InChI is InChI=1S/C24H29N5O4/c1-6-29-15(2)26-19-13-18(11-12-20(19)29)22(31)28-27-21(30)17-9-7-16(8-10-17)14-25-23(32)33-24(3,4)5/h7-13H,6,14H2,1-5H3,(H,25,32)(H,27,30)(H,28,31). The van der Waals surface area contributed by atoms with E-state index in [-0.39, 0.29) is 6.54 Å². The Morgan fingerprint density at radius 3 is 2.18 bits per heavy atom. The third-order valence-corrected chi connectivity index (χ3v) is 4.86. The Kier molecular flexibility index (Phi) is 7.01. The summed E-state index contributed by atoms with van der Waals surface area (Å²) >= 11 is 0. The summed E-state index contributed by atoms with van der Waals surface area (Å²) < 4.78 is 7.25. The predicted molar refractivity (Wildman–Crippen MR) is 125 cm³/mol. The summed E-state index contributed by atoms with van der Waals surface area (Å²) in [5.74, 6) is -0.0163. The summed E-state index contributed by atoms with van der Waals surface area (Å²) in [6.45, 7) is 10.4. The van der Waals surface area contributed by atoms with Gasteiger partial charge in [0.05, 0.1) is 11.0 Å². The molecule has 3 aromatic rings. The Balaban J connectivity index is 1.54. The summed E-state index contributed by atoms with van der Waals surface area (Å²) in [6, 6.07) is 11.9. The molecule has 0 spiro atoms. The Morgan fingerprint density at radius 2 is 1.58 bits per heavy atom. The number of hydrogen-bond acceptors (Lipinski definition) is 5. The maximum Gasteiger partial charge on any atom is 0.407 e. The van der Waals surface area contributed by atoms with Gasteiger partial charge in [-0.1, -0.05) is 12.1 Å². The number of ether oxygens (including phenoxy) is 1. The fourth-order valence-corrected chi connectivity index (χ4v) is 3.31. The van der Waals surface area contributed by atoms with E-state index in [1.807, 2.05) is 19.9 Å². The van der Waals surface area contributed by atoms with E-state index in [2.05, 4.69) is 25.7 Å². The molecule has 0 aliphatic rings. The first-order valence-electron chi connectivity index (χ1n) is 10.7. The highest BCUT2D eigenvalue weighted by atomic mass is 16.6. The number of aromatic nitrogens is 2. The summed E-state index contributed by atoms with van der Waals surface area (Å²) in [5, 5.41) is 2.66. The lowest BCUT2D eigenvalue weighted by Gasteiger charge is -2.19. The summed E-state index contributed by atoms with van der Waals surface area (Å²) in [6.07, 6.45) is -0.512. The van der Waals surface area contributed by atoms with Gasteiger partial charge in [-0.3, -0.25) is 20.4 Å². The van der Waals surface area contributed by atoms with Crippen LogP contribution in [0.1, 0.15) is 59.8 Å². The average Bonchev–Trinajstić information content (AvgIpc) is 3.08. The molecule has 0 aliphatic carbocycles. The van der Waals surface area contributed by atoms with E-state index >= 15 is 0 Å². The number of nitrogens with zero attached hydrogens (tertiary/aromatic N) is 2. The van der Waals surface area contributed by atoms with Gasteiger partial charge in [0.1, 0.15) is 11.4 Å². The lowest BCUT2D eigenvalue weighted by Crippen LogP contribution is -2.41. The van der Waals surface area contributed by atoms with E-state index in [4.69, 9.17) is 4.74 Å². The van der Waals surface area contributed by atoms with Crippen LogP contribution in [0.15, 0.2) is 42.5 Å². The van der Waals surface area contributed by atoms with Gasteiger partial charge >= 0.3 is 6.09 Å². The molecule has 1 heterocycles. The fourth-order valence-electron chi connectivity index (χ4n) is 3.31. The number of hydrazine groups is 1. The summed E-state index contributed by atoms with van der Waals surface area (Å²) in [5.41, 5.74) is 7.51. The van der Waals surface area contributed by atoms with Crippen LogP contribution in [0.25, 0.3) is 11.0 Å². The lowest BCUT2D eigenvalue weighted by atomic mass is 10.1. The largest absolute Gasteiger partial charge is 0.444 e. The molecular weight excluding hydrogens is 422 g/mol. The van der Waals surface area contributed by atoms with Crippen LogP contribution in [-0.4, -0.2) is 33.1 Å². The van der Waals surface area contributed by atoms with Gasteiger partial charge in [0.15, 0.2) is 0 Å². The highest BCUT2D eigenvalue weighted by Crippen LogP contribution is 2.17. The molecule has 0 atom stereocenters. The van der Waals surface area contributed by atoms with Crippen LogP contribution in [0.2, 0.25) is 0 Å². The van der Waals surface area contributed by atoms with Crippen molar-refractivity contribution < 1.29 is 19.1 Å². The monoisotopic (exact) mass is 451 g/mol. The van der Waals surface area contributed by atoms with Crippen LogP contribution in [0.3, 0.4) is 0 Å². The zero-order valence-corrected chi connectivity index (χ0v) is 19.5. The molecule has 0 saturated heterocycles. The van der Waals surface area contributed by atoms with Gasteiger partial charge in [-0.2, -0.15) is 0 Å². The number of benzene rings is 2. The van der Waals surface area contributed by atoms with Crippen LogP contribution in [0.5, 0.6) is 0 Å². The minimum atomic E-state index is -0.571. The number of hydrogen-bond donors (Lipinski definition) is 3. The molecule has 0 fully saturated rings.